The van der Waals surface area contributed by atoms with E-state index >= 15 is 0 Å². The summed E-state index contributed by atoms with van der Waals surface area (Å²) in [5.74, 6) is 0.999. The summed E-state index contributed by atoms with van der Waals surface area (Å²) in [4.78, 5) is 28.4. The van der Waals surface area contributed by atoms with Crippen LogP contribution in [0, 0.1) is 6.92 Å². The molecule has 9 heteroatoms. The van der Waals surface area contributed by atoms with Crippen molar-refractivity contribution in [2.45, 2.75) is 44.6 Å². The molecule has 2 atom stereocenters. The second-order valence-electron chi connectivity index (χ2n) is 9.02. The summed E-state index contributed by atoms with van der Waals surface area (Å²) in [5, 5.41) is 4.14. The minimum atomic E-state index is -0.389. The van der Waals surface area contributed by atoms with Crippen LogP contribution in [0.3, 0.4) is 0 Å². The number of hydrogen-bond acceptors (Lipinski definition) is 7. The Bertz CT molecular complexity index is 1160. The number of nitrogens with zero attached hydrogens (tertiary/aromatic N) is 4. The number of rotatable bonds is 5. The number of aryl methyl sites for hydroxylation is 2. The van der Waals surface area contributed by atoms with E-state index in [0.717, 1.165) is 53.0 Å². The van der Waals surface area contributed by atoms with Crippen LogP contribution in [0.4, 0.5) is 5.82 Å². The molecule has 180 valence electrons. The van der Waals surface area contributed by atoms with Gasteiger partial charge in [0.1, 0.15) is 5.82 Å². The van der Waals surface area contributed by atoms with Gasteiger partial charge in [-0.2, -0.15) is 0 Å². The van der Waals surface area contributed by atoms with Gasteiger partial charge in [-0.25, -0.2) is 9.97 Å². The summed E-state index contributed by atoms with van der Waals surface area (Å²) in [6, 6.07) is 3.89. The first kappa shape index (κ1) is 24.0. The largest absolute Gasteiger partial charge is 0.481 e. The van der Waals surface area contributed by atoms with E-state index in [2.05, 4.69) is 21.4 Å². The molecule has 1 amide bonds. The molecular weight excluding hydrogens is 452 g/mol. The Morgan fingerprint density at radius 3 is 2.91 bits per heavy atom. The Labute approximate surface area is 205 Å². The van der Waals surface area contributed by atoms with E-state index in [1.165, 1.54) is 6.20 Å². The van der Waals surface area contributed by atoms with Crippen LogP contribution in [0.5, 0.6) is 5.88 Å². The van der Waals surface area contributed by atoms with Gasteiger partial charge in [0, 0.05) is 61.6 Å². The average molecular weight is 483 g/mol. The Kier molecular flexibility index (Phi) is 6.79. The lowest BCUT2D eigenvalue weighted by Crippen LogP contribution is -2.46. The van der Waals surface area contributed by atoms with Crippen molar-refractivity contribution in [1.82, 2.24) is 14.9 Å². The molecule has 0 aliphatic carbocycles. The third kappa shape index (κ3) is 4.46. The van der Waals surface area contributed by atoms with Crippen molar-refractivity contribution in [3.05, 3.63) is 51.9 Å². The summed E-state index contributed by atoms with van der Waals surface area (Å²) in [5.41, 5.74) is 10.3. The Morgan fingerprint density at radius 1 is 1.41 bits per heavy atom. The number of nitrogens with one attached hydrogen (secondary N) is 1. The fourth-order valence-corrected chi connectivity index (χ4v) is 5.18. The topological polar surface area (TPSA) is 106 Å². The molecule has 1 fully saturated rings. The highest BCUT2D eigenvalue weighted by Gasteiger charge is 2.43. The highest BCUT2D eigenvalue weighted by atomic mass is 35.5. The standard InChI is InChI=1S/C25H31ClN6O2/c1-15(19-10-22(34-4)29-13-21(19)26)24(33)32-8-7-25(14-32)6-5-17-9-20(18(11-27)12-28-3)16(2)30-23(17)31-25/h9-13,15H,5-8,14,27H2,1-4H3,(H,30,31)/t15-,25-/m1/s1. The van der Waals surface area contributed by atoms with Crippen molar-refractivity contribution < 1.29 is 9.53 Å². The fourth-order valence-electron chi connectivity index (χ4n) is 4.92. The number of hydrogen-bond donors (Lipinski definition) is 2. The van der Waals surface area contributed by atoms with Gasteiger partial charge >= 0.3 is 0 Å². The van der Waals surface area contributed by atoms with E-state index in [1.807, 2.05) is 18.7 Å². The third-order valence-corrected chi connectivity index (χ3v) is 7.19. The van der Waals surface area contributed by atoms with Gasteiger partial charge in [0.2, 0.25) is 11.8 Å². The lowest BCUT2D eigenvalue weighted by atomic mass is 9.86. The number of aliphatic imine (C=N–C) groups is 1. The predicted octanol–water partition coefficient (Wildman–Crippen LogP) is 3.58. The summed E-state index contributed by atoms with van der Waals surface area (Å²) in [7, 11) is 3.27. The quantitative estimate of drug-likeness (QED) is 0.631. The van der Waals surface area contributed by atoms with Gasteiger partial charge < -0.3 is 20.7 Å². The van der Waals surface area contributed by atoms with Crippen LogP contribution in [-0.4, -0.2) is 59.8 Å². The number of fused-ring (bicyclic) bond motifs is 1. The Balaban J connectivity index is 1.52. The van der Waals surface area contributed by atoms with E-state index < -0.39 is 0 Å². The molecule has 1 spiro atoms. The molecule has 34 heavy (non-hydrogen) atoms. The molecule has 0 unspecified atom stereocenters. The number of methoxy groups -OCH3 is 1. The molecule has 0 aromatic carbocycles. The number of likely N-dealkylation sites (tertiary alicyclic amines) is 1. The minimum absolute atomic E-state index is 0.0516. The number of aromatic nitrogens is 2. The molecule has 4 heterocycles. The van der Waals surface area contributed by atoms with Crippen molar-refractivity contribution in [2.24, 2.45) is 10.7 Å². The van der Waals surface area contributed by atoms with Gasteiger partial charge in [0.25, 0.3) is 0 Å². The van der Waals surface area contributed by atoms with Crippen LogP contribution in [0.1, 0.15) is 48.1 Å². The van der Waals surface area contributed by atoms with E-state index in [-0.39, 0.29) is 17.4 Å². The number of allylic oxidation sites excluding steroid dienone is 1. The first-order valence-corrected chi connectivity index (χ1v) is 11.8. The lowest BCUT2D eigenvalue weighted by Gasteiger charge is -2.36. The molecule has 0 saturated carbocycles. The van der Waals surface area contributed by atoms with E-state index in [1.54, 1.807) is 32.6 Å². The highest BCUT2D eigenvalue weighted by molar-refractivity contribution is 6.31. The monoisotopic (exact) mass is 482 g/mol. The van der Waals surface area contributed by atoms with Crippen molar-refractivity contribution in [2.75, 3.05) is 32.6 Å². The van der Waals surface area contributed by atoms with Gasteiger partial charge in [0.05, 0.1) is 23.6 Å². The molecule has 8 nitrogen and oxygen atoms in total. The van der Waals surface area contributed by atoms with E-state index in [9.17, 15) is 4.79 Å². The van der Waals surface area contributed by atoms with Gasteiger partial charge in [-0.3, -0.25) is 9.79 Å². The van der Waals surface area contributed by atoms with Gasteiger partial charge in [-0.1, -0.05) is 11.6 Å². The zero-order valence-electron chi connectivity index (χ0n) is 20.1. The molecule has 1 saturated heterocycles. The first-order valence-electron chi connectivity index (χ1n) is 11.4. The number of halogens is 1. The smallest absolute Gasteiger partial charge is 0.229 e. The van der Waals surface area contributed by atoms with Gasteiger partial charge in [-0.05, 0) is 50.3 Å². The van der Waals surface area contributed by atoms with Gasteiger partial charge in [-0.15, -0.1) is 0 Å². The molecule has 2 aromatic rings. The summed E-state index contributed by atoms with van der Waals surface area (Å²) in [6.45, 7) is 5.18. The Hall–Kier alpha value is -3.13. The van der Waals surface area contributed by atoms with Crippen molar-refractivity contribution >= 4 is 35.1 Å². The van der Waals surface area contributed by atoms with E-state index in [0.29, 0.717) is 24.0 Å². The summed E-state index contributed by atoms with van der Waals surface area (Å²) < 4.78 is 5.21. The number of pyridine rings is 2. The maximum absolute atomic E-state index is 13.4. The van der Waals surface area contributed by atoms with Crippen LogP contribution in [0.2, 0.25) is 5.02 Å². The summed E-state index contributed by atoms with van der Waals surface area (Å²) in [6.07, 6.45) is 7.53. The molecule has 2 aromatic heterocycles. The highest BCUT2D eigenvalue weighted by Crippen LogP contribution is 2.38. The van der Waals surface area contributed by atoms with Crippen LogP contribution >= 0.6 is 11.6 Å². The van der Waals surface area contributed by atoms with E-state index in [4.69, 9.17) is 27.1 Å². The lowest BCUT2D eigenvalue weighted by molar-refractivity contribution is -0.131. The van der Waals surface area contributed by atoms with Crippen LogP contribution in [0.15, 0.2) is 29.5 Å². The molecule has 2 aliphatic heterocycles. The second-order valence-corrected chi connectivity index (χ2v) is 9.43. The molecule has 0 bridgehead atoms. The predicted molar refractivity (Wildman–Crippen MR) is 136 cm³/mol. The number of carbonyl (C=O) groups excluding carboxylic acids is 1. The number of carbonyl (C=O) groups is 1. The van der Waals surface area contributed by atoms with Crippen LogP contribution < -0.4 is 15.8 Å². The maximum atomic E-state index is 13.4. The zero-order chi connectivity index (χ0) is 24.5. The third-order valence-electron chi connectivity index (χ3n) is 6.88. The van der Waals surface area contributed by atoms with Gasteiger partial charge in [0.15, 0.2) is 0 Å². The molecular formula is C25H31ClN6O2. The van der Waals surface area contributed by atoms with Crippen LogP contribution in [0.25, 0.3) is 5.57 Å². The normalized spacial score (nSPS) is 21.0. The van der Waals surface area contributed by atoms with Crippen molar-refractivity contribution in [3.63, 3.8) is 0 Å². The zero-order valence-corrected chi connectivity index (χ0v) is 20.8. The first-order chi connectivity index (χ1) is 16.3. The summed E-state index contributed by atoms with van der Waals surface area (Å²) >= 11 is 6.35. The minimum Gasteiger partial charge on any atom is -0.481 e. The average Bonchev–Trinajstić information content (AvgIpc) is 3.24. The number of ether oxygens (including phenoxy) is 1. The fraction of sp³-hybridized carbons (Fsp3) is 0.440. The molecule has 0 radical (unpaired) electrons. The molecule has 4 rings (SSSR count). The van der Waals surface area contributed by atoms with Crippen molar-refractivity contribution in [3.8, 4) is 5.88 Å². The molecule has 3 N–H and O–H groups in total. The van der Waals surface area contributed by atoms with Crippen molar-refractivity contribution in [1.29, 1.82) is 0 Å². The Morgan fingerprint density at radius 2 is 2.21 bits per heavy atom. The molecule has 2 aliphatic rings. The second kappa shape index (κ2) is 9.62. The maximum Gasteiger partial charge on any atom is 0.229 e. The number of amides is 1. The number of anilines is 1. The van der Waals surface area contributed by atoms with Crippen LogP contribution in [-0.2, 0) is 11.2 Å². The number of nitrogens with two attached hydrogens (primary N) is 1. The SMILES string of the molecule is CN=CC(=CN)c1cc2c(nc1C)N[C@]1(CC2)CCN(C(=O)[C@H](C)c2cc(OC)ncc2Cl)C1.